The second kappa shape index (κ2) is 6.93. The minimum Gasteiger partial charge on any atom is -0.398 e. The van der Waals surface area contributed by atoms with Crippen molar-refractivity contribution >= 4 is 27.6 Å². The summed E-state index contributed by atoms with van der Waals surface area (Å²) in [7, 11) is 2.01. The van der Waals surface area contributed by atoms with E-state index < -0.39 is 0 Å². The van der Waals surface area contributed by atoms with Crippen LogP contribution in [-0.4, -0.2) is 20.2 Å². The molecule has 2 saturated carbocycles. The summed E-state index contributed by atoms with van der Waals surface area (Å²) in [5.41, 5.74) is 18.2. The summed E-state index contributed by atoms with van der Waals surface area (Å²) in [5.74, 6) is 1.26. The van der Waals surface area contributed by atoms with Gasteiger partial charge in [0.05, 0.1) is 16.6 Å². The summed E-state index contributed by atoms with van der Waals surface area (Å²) in [6.45, 7) is 2.06. The van der Waals surface area contributed by atoms with Gasteiger partial charge in [-0.25, -0.2) is 4.98 Å². The van der Waals surface area contributed by atoms with E-state index in [1.165, 1.54) is 0 Å². The summed E-state index contributed by atoms with van der Waals surface area (Å²) in [5, 5.41) is 10.5. The van der Waals surface area contributed by atoms with E-state index in [0.29, 0.717) is 22.7 Å². The van der Waals surface area contributed by atoms with Crippen LogP contribution in [0.25, 0.3) is 33.1 Å². The fraction of sp³-hybridized carbons (Fsp3) is 0.346. The van der Waals surface area contributed by atoms with E-state index in [2.05, 4.69) is 29.7 Å². The Bertz CT molecular complexity index is 1560. The number of benzene rings is 2. The van der Waals surface area contributed by atoms with E-state index in [1.807, 2.05) is 23.7 Å². The van der Waals surface area contributed by atoms with Gasteiger partial charge in [-0.15, -0.1) is 0 Å². The summed E-state index contributed by atoms with van der Waals surface area (Å²) >= 11 is 0. The average molecular weight is 439 g/mol. The van der Waals surface area contributed by atoms with Crippen LogP contribution in [0.2, 0.25) is 0 Å². The van der Waals surface area contributed by atoms with E-state index in [4.69, 9.17) is 16.5 Å². The molecule has 2 heterocycles. The van der Waals surface area contributed by atoms with Gasteiger partial charge in [0, 0.05) is 36.1 Å². The van der Waals surface area contributed by atoms with Gasteiger partial charge >= 0.3 is 0 Å². The lowest BCUT2D eigenvalue weighted by Crippen LogP contribution is -2.35. The number of nitrogen functional groups attached to an aromatic ring is 1. The molecule has 0 amide bonds. The van der Waals surface area contributed by atoms with Crippen LogP contribution in [0.15, 0.2) is 35.1 Å². The molecule has 166 valence electrons. The molecule has 4 N–H and O–H groups in total. The van der Waals surface area contributed by atoms with Gasteiger partial charge in [0.1, 0.15) is 11.9 Å². The Labute approximate surface area is 191 Å². The number of anilines is 1. The Kier molecular flexibility index (Phi) is 4.20. The summed E-state index contributed by atoms with van der Waals surface area (Å²) in [6.07, 6.45) is 3.82. The zero-order valence-corrected chi connectivity index (χ0v) is 18.8. The molecule has 4 aromatic rings. The lowest BCUT2D eigenvalue weighted by molar-refractivity contribution is 0.334. The highest BCUT2D eigenvalue weighted by atomic mass is 16.1. The summed E-state index contributed by atoms with van der Waals surface area (Å²) in [6, 6.07) is 12.3. The molecule has 0 unspecified atom stereocenters. The van der Waals surface area contributed by atoms with Crippen molar-refractivity contribution in [1.82, 2.24) is 14.1 Å². The topological polar surface area (TPSA) is 116 Å². The maximum absolute atomic E-state index is 13.7. The number of fused-ring (bicyclic) bond motifs is 3. The van der Waals surface area contributed by atoms with Crippen molar-refractivity contribution in [2.24, 2.45) is 12.8 Å². The molecule has 2 aliphatic carbocycles. The fourth-order valence-corrected chi connectivity index (χ4v) is 5.44. The molecular formula is C26H26N6O. The first-order chi connectivity index (χ1) is 15.9. The SMILES string of the molecule is Cc1c(-c2ccc(N)c(C#N)c2)ccc2c1n(C1CC1)c(=O)c1nc([C@H]3C[C@H](N)C3)n(C)c12. The van der Waals surface area contributed by atoms with Crippen LogP contribution in [0, 0.1) is 18.3 Å². The van der Waals surface area contributed by atoms with Crippen LogP contribution in [0.5, 0.6) is 0 Å². The zero-order valence-electron chi connectivity index (χ0n) is 18.8. The lowest BCUT2D eigenvalue weighted by Gasteiger charge is -2.31. The average Bonchev–Trinajstić information content (AvgIpc) is 3.56. The third kappa shape index (κ3) is 2.84. The van der Waals surface area contributed by atoms with Gasteiger partial charge < -0.3 is 20.6 Å². The maximum atomic E-state index is 13.7. The van der Waals surface area contributed by atoms with E-state index in [0.717, 1.165) is 64.6 Å². The number of nitrogens with two attached hydrogens (primary N) is 2. The number of imidazole rings is 1. The van der Waals surface area contributed by atoms with E-state index in [-0.39, 0.29) is 17.6 Å². The maximum Gasteiger partial charge on any atom is 0.279 e. The molecule has 2 aliphatic rings. The lowest BCUT2D eigenvalue weighted by atomic mass is 9.80. The second-order valence-corrected chi connectivity index (χ2v) is 9.61. The molecule has 0 aliphatic heterocycles. The monoisotopic (exact) mass is 438 g/mol. The van der Waals surface area contributed by atoms with Crippen molar-refractivity contribution < 1.29 is 0 Å². The van der Waals surface area contributed by atoms with Crippen LogP contribution in [0.4, 0.5) is 5.69 Å². The van der Waals surface area contributed by atoms with Crippen LogP contribution in [-0.2, 0) is 7.05 Å². The molecule has 6 rings (SSSR count). The molecule has 0 radical (unpaired) electrons. The zero-order chi connectivity index (χ0) is 23.0. The predicted octanol–water partition coefficient (Wildman–Crippen LogP) is 3.86. The number of nitrogens with zero attached hydrogens (tertiary/aromatic N) is 4. The molecule has 0 saturated heterocycles. The molecule has 2 aromatic carbocycles. The molecule has 2 fully saturated rings. The van der Waals surface area contributed by atoms with Crippen molar-refractivity contribution in [3.05, 3.63) is 57.6 Å². The van der Waals surface area contributed by atoms with Gasteiger partial charge in [0.15, 0.2) is 5.52 Å². The Hall–Kier alpha value is -3.63. The molecule has 33 heavy (non-hydrogen) atoms. The number of aromatic nitrogens is 3. The Morgan fingerprint density at radius 3 is 2.58 bits per heavy atom. The largest absolute Gasteiger partial charge is 0.398 e. The highest BCUT2D eigenvalue weighted by molar-refractivity contribution is 6.05. The molecule has 0 atom stereocenters. The highest BCUT2D eigenvalue weighted by Gasteiger charge is 2.34. The van der Waals surface area contributed by atoms with Gasteiger partial charge in [-0.3, -0.25) is 4.79 Å². The second-order valence-electron chi connectivity index (χ2n) is 9.61. The number of hydrogen-bond acceptors (Lipinski definition) is 5. The van der Waals surface area contributed by atoms with E-state index in [9.17, 15) is 10.1 Å². The minimum absolute atomic E-state index is 0.0132. The van der Waals surface area contributed by atoms with Gasteiger partial charge in [-0.1, -0.05) is 18.2 Å². The minimum atomic E-state index is -0.0132. The fourth-order valence-electron chi connectivity index (χ4n) is 5.44. The molecule has 0 spiro atoms. The number of aryl methyl sites for hydroxylation is 2. The van der Waals surface area contributed by atoms with Crippen molar-refractivity contribution in [3.8, 4) is 17.2 Å². The first-order valence-electron chi connectivity index (χ1n) is 11.5. The molecule has 7 heteroatoms. The number of rotatable bonds is 3. The van der Waals surface area contributed by atoms with Gasteiger partial charge in [-0.2, -0.15) is 5.26 Å². The number of nitriles is 1. The molecule has 7 nitrogen and oxygen atoms in total. The third-order valence-corrected chi connectivity index (χ3v) is 7.41. The standard InChI is InChI=1S/C26H26N6O/c1-13-19(14-3-8-21(29)16(9-14)12-27)6-7-20-23(13)32(18-4-5-18)26(33)22-24(20)31(2)25(30-22)15-10-17(28)11-15/h3,6-9,15,17-18H,4-5,10-11,28-29H2,1-2H3/t15-,17-. The Balaban J connectivity index is 1.66. The van der Waals surface area contributed by atoms with Crippen molar-refractivity contribution in [2.45, 2.75) is 50.6 Å². The quantitative estimate of drug-likeness (QED) is 0.471. The Morgan fingerprint density at radius 1 is 1.15 bits per heavy atom. The van der Waals surface area contributed by atoms with Gasteiger partial charge in [0.2, 0.25) is 0 Å². The number of hydrogen-bond donors (Lipinski definition) is 2. The summed E-state index contributed by atoms with van der Waals surface area (Å²) in [4.78, 5) is 18.6. The smallest absolute Gasteiger partial charge is 0.279 e. The molecule has 2 aromatic heterocycles. The van der Waals surface area contributed by atoms with Crippen LogP contribution < -0.4 is 17.0 Å². The normalized spacial score (nSPS) is 20.2. The van der Waals surface area contributed by atoms with Crippen molar-refractivity contribution in [3.63, 3.8) is 0 Å². The Morgan fingerprint density at radius 2 is 1.91 bits per heavy atom. The van der Waals surface area contributed by atoms with Crippen LogP contribution in [0.1, 0.15) is 54.6 Å². The number of pyridine rings is 1. The van der Waals surface area contributed by atoms with Crippen LogP contribution in [0.3, 0.4) is 0 Å². The van der Waals surface area contributed by atoms with Crippen LogP contribution >= 0.6 is 0 Å². The van der Waals surface area contributed by atoms with E-state index in [1.54, 1.807) is 6.07 Å². The van der Waals surface area contributed by atoms with Crippen molar-refractivity contribution in [1.29, 1.82) is 5.26 Å². The van der Waals surface area contributed by atoms with Gasteiger partial charge in [-0.05, 0) is 61.4 Å². The molecule has 0 bridgehead atoms. The summed E-state index contributed by atoms with van der Waals surface area (Å²) < 4.78 is 4.06. The predicted molar refractivity (Wildman–Crippen MR) is 130 cm³/mol. The molecular weight excluding hydrogens is 412 g/mol. The van der Waals surface area contributed by atoms with Crippen molar-refractivity contribution in [2.75, 3.05) is 5.73 Å². The van der Waals surface area contributed by atoms with E-state index >= 15 is 0 Å². The third-order valence-electron chi connectivity index (χ3n) is 7.41. The first kappa shape index (κ1) is 20.0. The van der Waals surface area contributed by atoms with Gasteiger partial charge in [0.25, 0.3) is 5.56 Å². The first-order valence-corrected chi connectivity index (χ1v) is 11.5. The highest BCUT2D eigenvalue weighted by Crippen LogP contribution is 2.42.